The lowest BCUT2D eigenvalue weighted by atomic mass is 10.2. The fourth-order valence-electron chi connectivity index (χ4n) is 2.18. The Kier molecular flexibility index (Phi) is 5.83. The van der Waals surface area contributed by atoms with Crippen molar-refractivity contribution < 1.29 is 23.1 Å². The molecule has 1 fully saturated rings. The molecule has 2 amide bonds. The molecule has 1 aromatic carbocycles. The number of carbonyl (C=O) groups is 2. The Morgan fingerprint density at radius 3 is 2.77 bits per heavy atom. The third-order valence-corrected chi connectivity index (χ3v) is 3.36. The molecule has 1 atom stereocenters. The van der Waals surface area contributed by atoms with E-state index in [2.05, 4.69) is 10.6 Å². The summed E-state index contributed by atoms with van der Waals surface area (Å²) >= 11 is 0. The second-order valence-corrected chi connectivity index (χ2v) is 5.07. The van der Waals surface area contributed by atoms with Gasteiger partial charge in [0, 0.05) is 32.2 Å². The molecule has 1 aliphatic heterocycles. The van der Waals surface area contributed by atoms with Crippen LogP contribution in [0.4, 0.5) is 8.78 Å². The van der Waals surface area contributed by atoms with Crippen LogP contribution in [0.1, 0.15) is 29.6 Å². The van der Waals surface area contributed by atoms with E-state index in [-0.39, 0.29) is 30.5 Å². The summed E-state index contributed by atoms with van der Waals surface area (Å²) in [7, 11) is 0. The van der Waals surface area contributed by atoms with Crippen LogP contribution in [0.3, 0.4) is 0 Å². The van der Waals surface area contributed by atoms with Gasteiger partial charge >= 0.3 is 0 Å². The van der Waals surface area contributed by atoms with Gasteiger partial charge in [0.15, 0.2) is 0 Å². The Labute approximate surface area is 127 Å². The molecule has 1 heterocycles. The summed E-state index contributed by atoms with van der Waals surface area (Å²) in [4.78, 5) is 23.3. The van der Waals surface area contributed by atoms with E-state index in [1.54, 1.807) is 0 Å². The number of ether oxygens (including phenoxy) is 1. The molecule has 5 nitrogen and oxygen atoms in total. The van der Waals surface area contributed by atoms with Gasteiger partial charge in [-0.15, -0.1) is 0 Å². The molecule has 120 valence electrons. The molecule has 0 radical (unpaired) electrons. The third kappa shape index (κ3) is 4.77. The maximum atomic E-state index is 13.4. The number of rotatable bonds is 6. The fourth-order valence-corrected chi connectivity index (χ4v) is 2.18. The first-order valence-corrected chi connectivity index (χ1v) is 7.18. The van der Waals surface area contributed by atoms with E-state index in [0.29, 0.717) is 12.6 Å². The zero-order valence-corrected chi connectivity index (χ0v) is 12.0. The van der Waals surface area contributed by atoms with E-state index < -0.39 is 17.5 Å². The first-order chi connectivity index (χ1) is 10.6. The SMILES string of the molecule is O=C(CCNC(=O)c1ccc(F)cc1F)NCC1CCCO1. The molecule has 2 rings (SSSR count). The minimum absolute atomic E-state index is 0.0619. The summed E-state index contributed by atoms with van der Waals surface area (Å²) in [6.45, 7) is 1.26. The normalized spacial score (nSPS) is 17.3. The zero-order valence-electron chi connectivity index (χ0n) is 12.0. The maximum absolute atomic E-state index is 13.4. The van der Waals surface area contributed by atoms with Gasteiger partial charge in [0.1, 0.15) is 11.6 Å². The Morgan fingerprint density at radius 1 is 1.27 bits per heavy atom. The van der Waals surface area contributed by atoms with Crippen LogP contribution in [0.5, 0.6) is 0 Å². The van der Waals surface area contributed by atoms with E-state index in [4.69, 9.17) is 4.74 Å². The standard InChI is InChI=1S/C15H18F2N2O3/c16-10-3-4-12(13(17)8-10)15(21)18-6-5-14(20)19-9-11-2-1-7-22-11/h3-4,8,11H,1-2,5-7,9H2,(H,18,21)(H,19,20). The number of nitrogens with one attached hydrogen (secondary N) is 2. The third-order valence-electron chi connectivity index (χ3n) is 3.36. The van der Waals surface area contributed by atoms with E-state index in [1.807, 2.05) is 0 Å². The first kappa shape index (κ1) is 16.4. The molecular weight excluding hydrogens is 294 g/mol. The molecule has 0 saturated carbocycles. The van der Waals surface area contributed by atoms with Gasteiger partial charge in [-0.25, -0.2) is 8.78 Å². The highest BCUT2D eigenvalue weighted by Gasteiger charge is 2.16. The van der Waals surface area contributed by atoms with Gasteiger partial charge in [0.05, 0.1) is 11.7 Å². The topological polar surface area (TPSA) is 67.4 Å². The average molecular weight is 312 g/mol. The lowest BCUT2D eigenvalue weighted by Crippen LogP contribution is -2.34. The Bertz CT molecular complexity index is 546. The van der Waals surface area contributed by atoms with E-state index >= 15 is 0 Å². The predicted molar refractivity (Wildman–Crippen MR) is 75.3 cm³/mol. The smallest absolute Gasteiger partial charge is 0.254 e. The molecule has 1 saturated heterocycles. The monoisotopic (exact) mass is 312 g/mol. The lowest BCUT2D eigenvalue weighted by molar-refractivity contribution is -0.121. The van der Waals surface area contributed by atoms with E-state index in [1.165, 1.54) is 0 Å². The van der Waals surface area contributed by atoms with Crippen molar-refractivity contribution in [2.75, 3.05) is 19.7 Å². The van der Waals surface area contributed by atoms with Crippen molar-refractivity contribution in [3.63, 3.8) is 0 Å². The van der Waals surface area contributed by atoms with Gasteiger partial charge in [-0.3, -0.25) is 9.59 Å². The van der Waals surface area contributed by atoms with Crippen LogP contribution >= 0.6 is 0 Å². The molecule has 0 aliphatic carbocycles. The van der Waals surface area contributed by atoms with Crippen LogP contribution in [-0.4, -0.2) is 37.6 Å². The van der Waals surface area contributed by atoms with Crippen LogP contribution in [0, 0.1) is 11.6 Å². The highest BCUT2D eigenvalue weighted by Crippen LogP contribution is 2.10. The van der Waals surface area contributed by atoms with Crippen molar-refractivity contribution in [1.82, 2.24) is 10.6 Å². The second-order valence-electron chi connectivity index (χ2n) is 5.07. The highest BCUT2D eigenvalue weighted by molar-refractivity contribution is 5.94. The van der Waals surface area contributed by atoms with Crippen molar-refractivity contribution in [3.05, 3.63) is 35.4 Å². The number of halogens is 2. The van der Waals surface area contributed by atoms with Crippen molar-refractivity contribution in [3.8, 4) is 0 Å². The van der Waals surface area contributed by atoms with Crippen LogP contribution in [0.15, 0.2) is 18.2 Å². The Hall–Kier alpha value is -2.02. The number of carbonyl (C=O) groups excluding carboxylic acids is 2. The number of hydrogen-bond donors (Lipinski definition) is 2. The van der Waals surface area contributed by atoms with Crippen LogP contribution in [-0.2, 0) is 9.53 Å². The van der Waals surface area contributed by atoms with E-state index in [9.17, 15) is 18.4 Å². The average Bonchev–Trinajstić information content (AvgIpc) is 2.98. The molecular formula is C15H18F2N2O3. The summed E-state index contributed by atoms with van der Waals surface area (Å²) in [5.74, 6) is -2.57. The number of hydrogen-bond acceptors (Lipinski definition) is 3. The van der Waals surface area contributed by atoms with Gasteiger partial charge in [-0.05, 0) is 25.0 Å². The molecule has 0 spiro atoms. The Morgan fingerprint density at radius 2 is 2.09 bits per heavy atom. The molecule has 7 heteroatoms. The van der Waals surface area contributed by atoms with Crippen molar-refractivity contribution in [2.45, 2.75) is 25.4 Å². The summed E-state index contributed by atoms with van der Waals surface area (Å²) in [6.07, 6.45) is 2.08. The Balaban J connectivity index is 1.68. The fraction of sp³-hybridized carbons (Fsp3) is 0.467. The largest absolute Gasteiger partial charge is 0.376 e. The lowest BCUT2D eigenvalue weighted by Gasteiger charge is -2.11. The minimum atomic E-state index is -0.930. The van der Waals surface area contributed by atoms with Crippen molar-refractivity contribution >= 4 is 11.8 Å². The second kappa shape index (κ2) is 7.84. The van der Waals surface area contributed by atoms with Crippen molar-refractivity contribution in [2.24, 2.45) is 0 Å². The number of amides is 2. The summed E-state index contributed by atoms with van der Waals surface area (Å²) in [6, 6.07) is 2.72. The minimum Gasteiger partial charge on any atom is -0.376 e. The quantitative estimate of drug-likeness (QED) is 0.834. The van der Waals surface area contributed by atoms with E-state index in [0.717, 1.165) is 31.6 Å². The van der Waals surface area contributed by atoms with Crippen LogP contribution in [0.2, 0.25) is 0 Å². The van der Waals surface area contributed by atoms with Crippen LogP contribution < -0.4 is 10.6 Å². The molecule has 1 aromatic rings. The van der Waals surface area contributed by atoms with Gasteiger partial charge in [0.2, 0.25) is 5.91 Å². The van der Waals surface area contributed by atoms with Crippen molar-refractivity contribution in [1.29, 1.82) is 0 Å². The zero-order chi connectivity index (χ0) is 15.9. The highest BCUT2D eigenvalue weighted by atomic mass is 19.1. The van der Waals surface area contributed by atoms with Crippen LogP contribution in [0.25, 0.3) is 0 Å². The molecule has 0 bridgehead atoms. The molecule has 0 aromatic heterocycles. The maximum Gasteiger partial charge on any atom is 0.254 e. The predicted octanol–water partition coefficient (Wildman–Crippen LogP) is 1.38. The molecule has 2 N–H and O–H groups in total. The van der Waals surface area contributed by atoms with Gasteiger partial charge in [0.25, 0.3) is 5.91 Å². The van der Waals surface area contributed by atoms with Gasteiger partial charge in [-0.1, -0.05) is 0 Å². The summed E-state index contributed by atoms with van der Waals surface area (Å²) < 4.78 is 31.5. The number of benzene rings is 1. The molecule has 22 heavy (non-hydrogen) atoms. The summed E-state index contributed by atoms with van der Waals surface area (Å²) in [5.41, 5.74) is -0.249. The molecule has 1 unspecified atom stereocenters. The van der Waals surface area contributed by atoms with Gasteiger partial charge < -0.3 is 15.4 Å². The van der Waals surface area contributed by atoms with Gasteiger partial charge in [-0.2, -0.15) is 0 Å². The summed E-state index contributed by atoms with van der Waals surface area (Å²) in [5, 5.41) is 5.14. The molecule has 1 aliphatic rings. The first-order valence-electron chi connectivity index (χ1n) is 7.18.